The Morgan fingerprint density at radius 1 is 1.06 bits per heavy atom. The van der Waals surface area contributed by atoms with Crippen molar-refractivity contribution >= 4 is 34.2 Å². The molecule has 0 spiro atoms. The minimum absolute atomic E-state index is 0.155. The average molecular weight is 413 g/mol. The van der Waals surface area contributed by atoms with Crippen LogP contribution in [0, 0.1) is 0 Å². The SMILES string of the molecule is COc1cccc(NC(=O)Nc2cc(-c3ccc4[nH]ncc4c3)cc3c2CNC3=O)c1. The number of rotatable bonds is 4. The third kappa shape index (κ3) is 3.55. The van der Waals surface area contributed by atoms with Gasteiger partial charge in [0.1, 0.15) is 5.75 Å². The van der Waals surface area contributed by atoms with Crippen LogP contribution in [0.25, 0.3) is 22.0 Å². The number of anilines is 2. The zero-order chi connectivity index (χ0) is 21.4. The molecule has 3 aromatic carbocycles. The van der Waals surface area contributed by atoms with Crippen molar-refractivity contribution < 1.29 is 14.3 Å². The highest BCUT2D eigenvalue weighted by Gasteiger charge is 2.24. The number of benzene rings is 3. The lowest BCUT2D eigenvalue weighted by molar-refractivity contribution is 0.0965. The minimum Gasteiger partial charge on any atom is -0.497 e. The first kappa shape index (κ1) is 18.7. The van der Waals surface area contributed by atoms with E-state index in [4.69, 9.17) is 4.74 Å². The Balaban J connectivity index is 1.48. The van der Waals surface area contributed by atoms with E-state index in [0.29, 0.717) is 29.2 Å². The molecule has 0 bridgehead atoms. The predicted octanol–water partition coefficient (Wildman–Crippen LogP) is 4.13. The number of ether oxygens (including phenoxy) is 1. The van der Waals surface area contributed by atoms with Crippen molar-refractivity contribution in [2.24, 2.45) is 0 Å². The molecule has 0 unspecified atom stereocenters. The topological polar surface area (TPSA) is 108 Å². The van der Waals surface area contributed by atoms with E-state index in [9.17, 15) is 9.59 Å². The second kappa shape index (κ2) is 7.49. The van der Waals surface area contributed by atoms with Crippen LogP contribution in [0.15, 0.2) is 60.8 Å². The lowest BCUT2D eigenvalue weighted by Crippen LogP contribution is -2.20. The van der Waals surface area contributed by atoms with E-state index in [1.54, 1.807) is 37.6 Å². The Morgan fingerprint density at radius 2 is 1.97 bits per heavy atom. The molecule has 0 radical (unpaired) electrons. The van der Waals surface area contributed by atoms with Gasteiger partial charge < -0.3 is 20.7 Å². The number of fused-ring (bicyclic) bond motifs is 2. The highest BCUT2D eigenvalue weighted by Crippen LogP contribution is 2.33. The quantitative estimate of drug-likeness (QED) is 0.403. The molecule has 8 heteroatoms. The summed E-state index contributed by atoms with van der Waals surface area (Å²) in [5, 5.41) is 16.5. The Hall–Kier alpha value is -4.33. The van der Waals surface area contributed by atoms with Crippen molar-refractivity contribution in [1.29, 1.82) is 0 Å². The fourth-order valence-corrected chi connectivity index (χ4v) is 3.71. The molecule has 0 fully saturated rings. The monoisotopic (exact) mass is 413 g/mol. The first-order chi connectivity index (χ1) is 15.1. The summed E-state index contributed by atoms with van der Waals surface area (Å²) in [5.41, 5.74) is 5.19. The van der Waals surface area contributed by atoms with Gasteiger partial charge in [-0.1, -0.05) is 12.1 Å². The van der Waals surface area contributed by atoms with Crippen molar-refractivity contribution in [3.05, 3.63) is 71.9 Å². The van der Waals surface area contributed by atoms with Gasteiger partial charge in [0.05, 0.1) is 18.8 Å². The minimum atomic E-state index is -0.405. The third-order valence-electron chi connectivity index (χ3n) is 5.27. The maximum absolute atomic E-state index is 12.7. The van der Waals surface area contributed by atoms with Crippen molar-refractivity contribution in [2.75, 3.05) is 17.7 Å². The van der Waals surface area contributed by atoms with Gasteiger partial charge in [-0.2, -0.15) is 5.10 Å². The summed E-state index contributed by atoms with van der Waals surface area (Å²) in [7, 11) is 1.57. The molecule has 2 heterocycles. The number of aromatic nitrogens is 2. The van der Waals surface area contributed by atoms with Gasteiger partial charge in [0.25, 0.3) is 5.91 Å². The Bertz CT molecular complexity index is 1330. The van der Waals surface area contributed by atoms with Gasteiger partial charge in [-0.3, -0.25) is 9.89 Å². The smallest absolute Gasteiger partial charge is 0.323 e. The summed E-state index contributed by atoms with van der Waals surface area (Å²) in [5.74, 6) is 0.489. The zero-order valence-corrected chi connectivity index (χ0v) is 16.7. The molecule has 31 heavy (non-hydrogen) atoms. The van der Waals surface area contributed by atoms with Crippen LogP contribution >= 0.6 is 0 Å². The summed E-state index contributed by atoms with van der Waals surface area (Å²) in [6.45, 7) is 0.365. The summed E-state index contributed by atoms with van der Waals surface area (Å²) < 4.78 is 5.19. The van der Waals surface area contributed by atoms with Crippen molar-refractivity contribution in [3.63, 3.8) is 0 Å². The molecule has 0 saturated heterocycles. The van der Waals surface area contributed by atoms with Crippen LogP contribution in [-0.2, 0) is 6.54 Å². The van der Waals surface area contributed by atoms with Crippen LogP contribution in [0.1, 0.15) is 15.9 Å². The maximum atomic E-state index is 12.7. The number of H-pyrrole nitrogens is 1. The van der Waals surface area contributed by atoms with E-state index in [0.717, 1.165) is 27.6 Å². The number of amides is 3. The molecular formula is C23H19N5O3. The number of urea groups is 1. The first-order valence-corrected chi connectivity index (χ1v) is 9.71. The van der Waals surface area contributed by atoms with Crippen LogP contribution in [0.5, 0.6) is 5.75 Å². The maximum Gasteiger partial charge on any atom is 0.323 e. The predicted molar refractivity (Wildman–Crippen MR) is 118 cm³/mol. The average Bonchev–Trinajstić information content (AvgIpc) is 3.40. The fourth-order valence-electron chi connectivity index (χ4n) is 3.71. The van der Waals surface area contributed by atoms with Gasteiger partial charge in [-0.25, -0.2) is 4.79 Å². The van der Waals surface area contributed by atoms with Crippen molar-refractivity contribution in [2.45, 2.75) is 6.54 Å². The summed E-state index contributed by atoms with van der Waals surface area (Å²) in [6, 6.07) is 16.3. The van der Waals surface area contributed by atoms with Crippen LogP contribution < -0.4 is 20.7 Å². The van der Waals surface area contributed by atoms with Gasteiger partial charge >= 0.3 is 6.03 Å². The lowest BCUT2D eigenvalue weighted by Gasteiger charge is -2.13. The second-order valence-corrected chi connectivity index (χ2v) is 7.22. The van der Waals surface area contributed by atoms with E-state index in [-0.39, 0.29) is 5.91 Å². The van der Waals surface area contributed by atoms with Crippen LogP contribution in [-0.4, -0.2) is 29.2 Å². The van der Waals surface area contributed by atoms with Gasteiger partial charge in [-0.05, 0) is 47.5 Å². The number of carbonyl (C=O) groups excluding carboxylic acids is 2. The van der Waals surface area contributed by atoms with E-state index in [1.807, 2.05) is 30.3 Å². The molecular weight excluding hydrogens is 394 g/mol. The Morgan fingerprint density at radius 3 is 2.84 bits per heavy atom. The molecule has 0 saturated carbocycles. The Kier molecular flexibility index (Phi) is 4.51. The Labute approximate surface area is 177 Å². The van der Waals surface area contributed by atoms with E-state index >= 15 is 0 Å². The lowest BCUT2D eigenvalue weighted by atomic mass is 9.97. The number of nitrogens with one attached hydrogen (secondary N) is 4. The van der Waals surface area contributed by atoms with E-state index < -0.39 is 6.03 Å². The van der Waals surface area contributed by atoms with Gasteiger partial charge in [0, 0.05) is 40.5 Å². The highest BCUT2D eigenvalue weighted by atomic mass is 16.5. The molecule has 8 nitrogen and oxygen atoms in total. The molecule has 1 aromatic heterocycles. The number of methoxy groups -OCH3 is 1. The van der Waals surface area contributed by atoms with E-state index in [2.05, 4.69) is 26.1 Å². The summed E-state index contributed by atoms with van der Waals surface area (Å²) in [4.78, 5) is 25.0. The number of hydrogen-bond acceptors (Lipinski definition) is 4. The van der Waals surface area contributed by atoms with E-state index in [1.165, 1.54) is 0 Å². The molecule has 154 valence electrons. The largest absolute Gasteiger partial charge is 0.497 e. The van der Waals surface area contributed by atoms with Crippen molar-refractivity contribution in [3.8, 4) is 16.9 Å². The standard InChI is InChI=1S/C23H19N5O3/c1-31-17-4-2-3-16(10-17)26-23(30)27-21-9-14(8-18-19(21)12-24-22(18)29)13-5-6-20-15(7-13)11-25-28-20/h2-11H,12H2,1H3,(H,24,29)(H,25,28)(H2,26,27,30). The molecule has 5 rings (SSSR count). The van der Waals surface area contributed by atoms with Crippen LogP contribution in [0.4, 0.5) is 16.2 Å². The molecule has 4 N–H and O–H groups in total. The van der Waals surface area contributed by atoms with Gasteiger partial charge in [0.2, 0.25) is 0 Å². The van der Waals surface area contributed by atoms with Crippen molar-refractivity contribution in [1.82, 2.24) is 15.5 Å². The molecule has 1 aliphatic rings. The molecule has 4 aromatic rings. The number of hydrogen-bond donors (Lipinski definition) is 4. The number of carbonyl (C=O) groups is 2. The van der Waals surface area contributed by atoms with Gasteiger partial charge in [0.15, 0.2) is 0 Å². The van der Waals surface area contributed by atoms with Gasteiger partial charge in [-0.15, -0.1) is 0 Å². The summed E-state index contributed by atoms with van der Waals surface area (Å²) in [6.07, 6.45) is 1.75. The molecule has 1 aliphatic heterocycles. The highest BCUT2D eigenvalue weighted by molar-refractivity contribution is 6.06. The number of nitrogens with zero attached hydrogens (tertiary/aromatic N) is 1. The fraction of sp³-hybridized carbons (Fsp3) is 0.0870. The number of aromatic amines is 1. The second-order valence-electron chi connectivity index (χ2n) is 7.22. The molecule has 0 aliphatic carbocycles. The zero-order valence-electron chi connectivity index (χ0n) is 16.7. The summed E-state index contributed by atoms with van der Waals surface area (Å²) >= 11 is 0. The van der Waals surface area contributed by atoms with Crippen LogP contribution in [0.2, 0.25) is 0 Å². The first-order valence-electron chi connectivity index (χ1n) is 9.71. The third-order valence-corrected chi connectivity index (χ3v) is 5.27. The normalized spacial score (nSPS) is 12.4. The molecule has 3 amide bonds. The van der Waals surface area contributed by atoms with Crippen LogP contribution in [0.3, 0.4) is 0 Å². The molecule has 0 atom stereocenters.